The van der Waals surface area contributed by atoms with Crippen LogP contribution < -0.4 is 19.4 Å². The Morgan fingerprint density at radius 3 is 2.18 bits per heavy atom. The van der Waals surface area contributed by atoms with Crippen molar-refractivity contribution in [1.82, 2.24) is 0 Å². The molecule has 0 N–H and O–H groups in total. The summed E-state index contributed by atoms with van der Waals surface area (Å²) in [5.41, 5.74) is 1.97. The summed E-state index contributed by atoms with van der Waals surface area (Å²) >= 11 is 5.99. The number of fused-ring (bicyclic) bond motifs is 1. The second-order valence-electron chi connectivity index (χ2n) is 7.76. The Morgan fingerprint density at radius 2 is 1.52 bits per heavy atom. The van der Waals surface area contributed by atoms with Gasteiger partial charge in [0.25, 0.3) is 5.91 Å². The third kappa shape index (κ3) is 3.50. The average molecular weight is 465 g/mol. The number of amides is 2. The normalized spacial score (nSPS) is 22.0. The van der Waals surface area contributed by atoms with E-state index in [1.54, 1.807) is 49.6 Å². The second-order valence-corrected chi connectivity index (χ2v) is 8.20. The smallest absolute Gasteiger partial charge is 0.266 e. The average Bonchev–Trinajstić information content (AvgIpc) is 3.36. The van der Waals surface area contributed by atoms with Gasteiger partial charge in [-0.2, -0.15) is 0 Å². The Labute approximate surface area is 196 Å². The maximum atomic E-state index is 13.6. The van der Waals surface area contributed by atoms with Gasteiger partial charge in [-0.1, -0.05) is 35.9 Å². The zero-order chi connectivity index (χ0) is 23.1. The van der Waals surface area contributed by atoms with Gasteiger partial charge in [0.2, 0.25) is 5.91 Å². The number of methoxy groups -OCH3 is 2. The summed E-state index contributed by atoms with van der Waals surface area (Å²) in [5, 5.41) is 2.17. The summed E-state index contributed by atoms with van der Waals surface area (Å²) < 4.78 is 10.8. The number of halogens is 1. The number of rotatable bonds is 5. The van der Waals surface area contributed by atoms with Gasteiger partial charge >= 0.3 is 0 Å². The summed E-state index contributed by atoms with van der Waals surface area (Å²) in [6.45, 7) is 0. The van der Waals surface area contributed by atoms with Gasteiger partial charge in [-0.3, -0.25) is 14.4 Å². The molecule has 168 valence electrons. The highest BCUT2D eigenvalue weighted by atomic mass is 35.5. The van der Waals surface area contributed by atoms with E-state index in [4.69, 9.17) is 25.9 Å². The number of carbonyl (C=O) groups is 2. The molecule has 3 atom stereocenters. The van der Waals surface area contributed by atoms with Crippen LogP contribution >= 0.6 is 11.6 Å². The maximum Gasteiger partial charge on any atom is 0.266 e. The Bertz CT molecular complexity index is 1200. The number of para-hydroxylation sites is 1. The molecule has 7 nitrogen and oxygen atoms in total. The Kier molecular flexibility index (Phi) is 5.44. The van der Waals surface area contributed by atoms with Gasteiger partial charge in [-0.05, 0) is 54.1 Å². The number of ether oxygens (including phenoxy) is 2. The minimum Gasteiger partial charge on any atom is -0.493 e. The van der Waals surface area contributed by atoms with E-state index in [0.717, 1.165) is 11.3 Å². The molecule has 2 amide bonds. The second kappa shape index (κ2) is 8.42. The molecule has 0 radical (unpaired) electrons. The van der Waals surface area contributed by atoms with Crippen molar-refractivity contribution in [2.75, 3.05) is 24.2 Å². The number of hydroxylamine groups is 1. The number of nitrogens with zero attached hydrogens (tertiary/aromatic N) is 2. The van der Waals surface area contributed by atoms with Crippen LogP contribution in [0, 0.1) is 5.92 Å². The summed E-state index contributed by atoms with van der Waals surface area (Å²) in [6, 6.07) is 20.9. The van der Waals surface area contributed by atoms with Crippen LogP contribution in [0.25, 0.3) is 0 Å². The lowest BCUT2D eigenvalue weighted by Gasteiger charge is -2.29. The van der Waals surface area contributed by atoms with Crippen molar-refractivity contribution in [3.05, 3.63) is 83.4 Å². The molecule has 0 unspecified atom stereocenters. The van der Waals surface area contributed by atoms with Gasteiger partial charge in [0.1, 0.15) is 5.92 Å². The minimum atomic E-state index is -0.952. The van der Waals surface area contributed by atoms with Crippen molar-refractivity contribution in [1.29, 1.82) is 0 Å². The topological polar surface area (TPSA) is 68.3 Å². The third-order valence-electron chi connectivity index (χ3n) is 5.96. The van der Waals surface area contributed by atoms with Gasteiger partial charge in [0.15, 0.2) is 17.6 Å². The van der Waals surface area contributed by atoms with Crippen molar-refractivity contribution in [2.24, 2.45) is 5.92 Å². The molecular formula is C25H21ClN2O5. The van der Waals surface area contributed by atoms with E-state index in [1.165, 1.54) is 4.90 Å². The third-order valence-corrected chi connectivity index (χ3v) is 6.21. The summed E-state index contributed by atoms with van der Waals surface area (Å²) in [4.78, 5) is 34.3. The molecule has 2 aliphatic rings. The molecular weight excluding hydrogens is 444 g/mol. The molecule has 0 aliphatic carbocycles. The first-order valence-electron chi connectivity index (χ1n) is 10.4. The zero-order valence-corrected chi connectivity index (χ0v) is 18.7. The van der Waals surface area contributed by atoms with Crippen LogP contribution in [-0.4, -0.2) is 32.1 Å². The predicted molar refractivity (Wildman–Crippen MR) is 124 cm³/mol. The van der Waals surface area contributed by atoms with Crippen LogP contribution in [0.5, 0.6) is 11.5 Å². The number of benzene rings is 3. The number of hydrogen-bond donors (Lipinski definition) is 0. The number of carbonyl (C=O) groups excluding carboxylic acids is 2. The lowest BCUT2D eigenvalue weighted by molar-refractivity contribution is -0.126. The molecule has 5 rings (SSSR count). The summed E-state index contributed by atoms with van der Waals surface area (Å²) in [7, 11) is 3.11. The number of hydrogen-bond acceptors (Lipinski definition) is 6. The molecule has 2 aliphatic heterocycles. The van der Waals surface area contributed by atoms with Crippen LogP contribution in [0.1, 0.15) is 11.6 Å². The Morgan fingerprint density at radius 1 is 0.818 bits per heavy atom. The van der Waals surface area contributed by atoms with E-state index in [2.05, 4.69) is 0 Å². The molecule has 0 saturated carbocycles. The SMILES string of the molecule is COc1ccc([C@@H]2[C@H]3C(=O)N(c4ccc(Cl)cc4)C(=O)[C@H]3ON2c2ccccc2)cc1OC. The molecule has 0 bridgehead atoms. The monoisotopic (exact) mass is 464 g/mol. The molecule has 0 aromatic heterocycles. The standard InChI is InChI=1S/C25H21ClN2O5/c1-31-19-13-8-15(14-20(19)32-2)22-21-23(33-28(22)18-6-4-3-5-7-18)25(30)27(24(21)29)17-11-9-16(26)10-12-17/h3-14,21-23H,1-2H3/t21-,22-,23+/m1/s1. The van der Waals surface area contributed by atoms with Crippen LogP contribution in [-0.2, 0) is 14.4 Å². The molecule has 2 saturated heterocycles. The fourth-order valence-electron chi connectivity index (χ4n) is 4.43. The van der Waals surface area contributed by atoms with Crippen LogP contribution in [0.4, 0.5) is 11.4 Å². The fourth-order valence-corrected chi connectivity index (χ4v) is 4.56. The van der Waals surface area contributed by atoms with Crippen molar-refractivity contribution < 1.29 is 23.9 Å². The Hall–Kier alpha value is -3.55. The first-order valence-corrected chi connectivity index (χ1v) is 10.8. The van der Waals surface area contributed by atoms with E-state index in [1.807, 2.05) is 42.5 Å². The van der Waals surface area contributed by atoms with Gasteiger partial charge < -0.3 is 9.47 Å². The molecule has 3 aromatic rings. The summed E-state index contributed by atoms with van der Waals surface area (Å²) in [5.74, 6) is -0.384. The Balaban J connectivity index is 1.60. The quantitative estimate of drug-likeness (QED) is 0.521. The molecule has 33 heavy (non-hydrogen) atoms. The molecule has 2 heterocycles. The van der Waals surface area contributed by atoms with E-state index in [-0.39, 0.29) is 5.91 Å². The first kappa shape index (κ1) is 21.3. The molecule has 3 aromatic carbocycles. The van der Waals surface area contributed by atoms with Crippen molar-refractivity contribution in [3.63, 3.8) is 0 Å². The largest absolute Gasteiger partial charge is 0.493 e. The molecule has 2 fully saturated rings. The van der Waals surface area contributed by atoms with Crippen LogP contribution in [0.3, 0.4) is 0 Å². The lowest BCUT2D eigenvalue weighted by atomic mass is 9.90. The maximum absolute atomic E-state index is 13.6. The molecule has 0 spiro atoms. The van der Waals surface area contributed by atoms with Crippen LogP contribution in [0.2, 0.25) is 5.02 Å². The van der Waals surface area contributed by atoms with Crippen LogP contribution in [0.15, 0.2) is 72.8 Å². The highest BCUT2D eigenvalue weighted by molar-refractivity contribution is 6.31. The zero-order valence-electron chi connectivity index (χ0n) is 18.0. The number of anilines is 2. The van der Waals surface area contributed by atoms with E-state index >= 15 is 0 Å². The minimum absolute atomic E-state index is 0.328. The van der Waals surface area contributed by atoms with Gasteiger partial charge in [0, 0.05) is 5.02 Å². The van der Waals surface area contributed by atoms with Crippen molar-refractivity contribution in [3.8, 4) is 11.5 Å². The van der Waals surface area contributed by atoms with Crippen molar-refractivity contribution in [2.45, 2.75) is 12.1 Å². The van der Waals surface area contributed by atoms with Gasteiger partial charge in [-0.15, -0.1) is 0 Å². The van der Waals surface area contributed by atoms with Gasteiger partial charge in [-0.25, -0.2) is 9.96 Å². The predicted octanol–water partition coefficient (Wildman–Crippen LogP) is 4.41. The summed E-state index contributed by atoms with van der Waals surface area (Å²) in [6.07, 6.45) is -0.952. The van der Waals surface area contributed by atoms with E-state index in [9.17, 15) is 9.59 Å². The van der Waals surface area contributed by atoms with Crippen molar-refractivity contribution >= 4 is 34.8 Å². The fraction of sp³-hybridized carbons (Fsp3) is 0.200. The van der Waals surface area contributed by atoms with E-state index in [0.29, 0.717) is 22.2 Å². The molecule has 8 heteroatoms. The lowest BCUT2D eigenvalue weighted by Crippen LogP contribution is -2.37. The van der Waals surface area contributed by atoms with Gasteiger partial charge in [0.05, 0.1) is 31.6 Å². The first-order chi connectivity index (χ1) is 16.0. The number of imide groups is 1. The van der Waals surface area contributed by atoms with E-state index < -0.39 is 24.0 Å². The highest BCUT2D eigenvalue weighted by Gasteiger charge is 2.60. The highest BCUT2D eigenvalue weighted by Crippen LogP contribution is 2.48.